The van der Waals surface area contributed by atoms with Gasteiger partial charge in [0.05, 0.1) is 17.2 Å². The molecule has 1 aromatic heterocycles. The molecule has 50 heavy (non-hydrogen) atoms. The molecule has 0 radical (unpaired) electrons. The van der Waals surface area contributed by atoms with Gasteiger partial charge >= 0.3 is 0 Å². The highest BCUT2D eigenvalue weighted by atomic mass is 19.1. The predicted molar refractivity (Wildman–Crippen MR) is 188 cm³/mol. The number of phenols is 2. The van der Waals surface area contributed by atoms with Gasteiger partial charge < -0.3 is 25.7 Å². The van der Waals surface area contributed by atoms with Crippen molar-refractivity contribution in [1.82, 2.24) is 25.6 Å². The lowest BCUT2D eigenvalue weighted by Crippen LogP contribution is -2.53. The van der Waals surface area contributed by atoms with E-state index in [0.29, 0.717) is 43.4 Å². The number of aromatic nitrogens is 1. The van der Waals surface area contributed by atoms with Crippen LogP contribution in [0.1, 0.15) is 71.4 Å². The van der Waals surface area contributed by atoms with Crippen LogP contribution in [0.4, 0.5) is 4.39 Å². The summed E-state index contributed by atoms with van der Waals surface area (Å²) in [5.74, 6) is -2.09. The summed E-state index contributed by atoms with van der Waals surface area (Å²) in [6.45, 7) is 8.13. The summed E-state index contributed by atoms with van der Waals surface area (Å²) in [6.07, 6.45) is 3.15. The molecule has 6 rings (SSSR count). The minimum atomic E-state index is -0.920. The zero-order chi connectivity index (χ0) is 35.4. The van der Waals surface area contributed by atoms with Crippen LogP contribution in [0.15, 0.2) is 79.0 Å². The smallest absolute Gasteiger partial charge is 0.291 e. The summed E-state index contributed by atoms with van der Waals surface area (Å²) < 4.78 is 15.0. The Labute approximate surface area is 291 Å². The molecule has 0 spiro atoms. The van der Waals surface area contributed by atoms with Gasteiger partial charge in [-0.25, -0.2) is 4.98 Å². The fourth-order valence-electron chi connectivity index (χ4n) is 7.09. The Balaban J connectivity index is 1.31. The number of piperazine rings is 1. The number of hydroxylamine groups is 2. The van der Waals surface area contributed by atoms with Crippen molar-refractivity contribution in [2.45, 2.75) is 77.2 Å². The van der Waals surface area contributed by atoms with Crippen molar-refractivity contribution in [1.29, 1.82) is 0 Å². The predicted octanol–water partition coefficient (Wildman–Crippen LogP) is 5.97. The maximum Gasteiger partial charge on any atom is 0.291 e. The Hall–Kier alpha value is -5.00. The first kappa shape index (κ1) is 34.8. The minimum Gasteiger partial charge on any atom is -0.507 e. The lowest BCUT2D eigenvalue weighted by atomic mass is 9.90. The van der Waals surface area contributed by atoms with Crippen molar-refractivity contribution in [3.63, 3.8) is 0 Å². The number of hydrogen-bond acceptors (Lipinski definition) is 8. The number of aryl methyl sites for hydroxylation is 1. The second-order valence-corrected chi connectivity index (χ2v) is 13.5. The number of phenolic OH excluding ortho intramolecular Hbond substituents is 2. The molecule has 0 bridgehead atoms. The Morgan fingerprint density at radius 1 is 0.960 bits per heavy atom. The molecule has 1 aliphatic carbocycles. The molecule has 2 aliphatic rings. The number of carbonyl (C=O) groups is 2. The normalized spacial score (nSPS) is 21.0. The lowest BCUT2D eigenvalue weighted by Gasteiger charge is -2.38. The van der Waals surface area contributed by atoms with E-state index in [1.165, 1.54) is 29.5 Å². The molecule has 10 nitrogen and oxygen atoms in total. The monoisotopic (exact) mass is 681 g/mol. The second kappa shape index (κ2) is 15.3. The summed E-state index contributed by atoms with van der Waals surface area (Å²) in [7, 11) is 0. The van der Waals surface area contributed by atoms with E-state index in [0.717, 1.165) is 24.2 Å². The zero-order valence-corrected chi connectivity index (χ0v) is 28.6. The van der Waals surface area contributed by atoms with E-state index in [1.54, 1.807) is 12.1 Å². The van der Waals surface area contributed by atoms with Gasteiger partial charge in [-0.3, -0.25) is 14.5 Å². The number of nitrogens with one attached hydrogen (secondary N) is 2. The quantitative estimate of drug-likeness (QED) is 0.126. The highest BCUT2D eigenvalue weighted by Crippen LogP contribution is 2.42. The van der Waals surface area contributed by atoms with E-state index in [9.17, 15) is 19.8 Å². The first-order valence-corrected chi connectivity index (χ1v) is 17.2. The van der Waals surface area contributed by atoms with Crippen LogP contribution in [0.2, 0.25) is 0 Å². The van der Waals surface area contributed by atoms with Gasteiger partial charge in [0.25, 0.3) is 11.8 Å². The average molecular weight is 682 g/mol. The van der Waals surface area contributed by atoms with Crippen molar-refractivity contribution in [2.75, 3.05) is 13.1 Å². The van der Waals surface area contributed by atoms with E-state index >= 15 is 4.39 Å². The van der Waals surface area contributed by atoms with Crippen LogP contribution in [0.25, 0.3) is 11.1 Å². The Morgan fingerprint density at radius 3 is 2.38 bits per heavy atom. The zero-order valence-electron chi connectivity index (χ0n) is 28.6. The highest BCUT2D eigenvalue weighted by Gasteiger charge is 2.35. The highest BCUT2D eigenvalue weighted by molar-refractivity contribution is 5.97. The second-order valence-electron chi connectivity index (χ2n) is 13.5. The van der Waals surface area contributed by atoms with E-state index in [-0.39, 0.29) is 52.4 Å². The molecular formula is C39H44FN5O5. The first-order chi connectivity index (χ1) is 24.1. The molecule has 2 heterocycles. The summed E-state index contributed by atoms with van der Waals surface area (Å²) in [4.78, 5) is 39.7. The van der Waals surface area contributed by atoms with Gasteiger partial charge in [-0.15, -0.1) is 0 Å². The van der Waals surface area contributed by atoms with E-state index in [4.69, 9.17) is 4.84 Å². The van der Waals surface area contributed by atoms with Gasteiger partial charge in [-0.1, -0.05) is 54.1 Å². The molecule has 262 valence electrons. The van der Waals surface area contributed by atoms with Crippen molar-refractivity contribution >= 4 is 11.8 Å². The maximum atomic E-state index is 15.0. The summed E-state index contributed by atoms with van der Waals surface area (Å²) in [5.41, 5.74) is 2.81. The SMILES string of the molecule is Cc1ccc(O)c(C(=O)NC2CCC(N(Oc3c(CN4C[C@@H](C)N[C@@H](C)C4)ccc(-c4ccccc4)c3O)C(=O)c3cccnc3F)CC2)c1. The van der Waals surface area contributed by atoms with E-state index < -0.39 is 17.9 Å². The summed E-state index contributed by atoms with van der Waals surface area (Å²) in [6, 6.07) is 20.7. The Bertz CT molecular complexity index is 1820. The number of pyridine rings is 1. The van der Waals surface area contributed by atoms with Gasteiger partial charge in [-0.05, 0) is 76.3 Å². The van der Waals surface area contributed by atoms with Gasteiger partial charge in [0.2, 0.25) is 11.7 Å². The first-order valence-electron chi connectivity index (χ1n) is 17.2. The molecular weight excluding hydrogens is 637 g/mol. The summed E-state index contributed by atoms with van der Waals surface area (Å²) in [5, 5.41) is 29.9. The van der Waals surface area contributed by atoms with Gasteiger partial charge in [0, 0.05) is 55.1 Å². The third-order valence-corrected chi connectivity index (χ3v) is 9.46. The van der Waals surface area contributed by atoms with E-state index in [1.807, 2.05) is 49.4 Å². The topological polar surface area (TPSA) is 127 Å². The molecule has 1 aliphatic heterocycles. The van der Waals surface area contributed by atoms with Crippen molar-refractivity contribution in [2.24, 2.45) is 0 Å². The number of rotatable bonds is 9. The number of nitrogens with zero attached hydrogens (tertiary/aromatic N) is 3. The van der Waals surface area contributed by atoms with Crippen LogP contribution in [0.3, 0.4) is 0 Å². The number of amides is 2. The molecule has 1 saturated heterocycles. The van der Waals surface area contributed by atoms with Crippen molar-refractivity contribution < 1.29 is 29.0 Å². The van der Waals surface area contributed by atoms with Crippen LogP contribution in [-0.2, 0) is 6.54 Å². The molecule has 3 aromatic carbocycles. The van der Waals surface area contributed by atoms with Crippen LogP contribution in [-0.4, -0.2) is 74.2 Å². The Kier molecular flexibility index (Phi) is 10.6. The minimum absolute atomic E-state index is 0.0940. The third kappa shape index (κ3) is 7.90. The number of benzene rings is 3. The van der Waals surface area contributed by atoms with Crippen LogP contribution < -0.4 is 15.5 Å². The lowest BCUT2D eigenvalue weighted by molar-refractivity contribution is -0.0750. The largest absolute Gasteiger partial charge is 0.507 e. The van der Waals surface area contributed by atoms with Crippen LogP contribution in [0.5, 0.6) is 17.2 Å². The number of hydrogen-bond donors (Lipinski definition) is 4. The molecule has 0 unspecified atom stereocenters. The third-order valence-electron chi connectivity index (χ3n) is 9.46. The van der Waals surface area contributed by atoms with Crippen molar-refractivity contribution in [3.8, 4) is 28.4 Å². The number of aromatic hydroxyl groups is 2. The molecule has 2 atom stereocenters. The fraction of sp³-hybridized carbons (Fsp3) is 0.359. The molecule has 11 heteroatoms. The summed E-state index contributed by atoms with van der Waals surface area (Å²) >= 11 is 0. The molecule has 4 aromatic rings. The van der Waals surface area contributed by atoms with E-state index in [2.05, 4.69) is 34.4 Å². The number of halogens is 1. The van der Waals surface area contributed by atoms with Gasteiger partial charge in [0.1, 0.15) is 5.75 Å². The van der Waals surface area contributed by atoms with Crippen LogP contribution >= 0.6 is 0 Å². The molecule has 2 fully saturated rings. The Morgan fingerprint density at radius 2 is 1.68 bits per heavy atom. The molecule has 2 amide bonds. The standard InChI is InChI=1S/C39H44FN5O5/c1-24-11-18-34(46)33(20-24)38(48)43-29-13-15-30(16-14-29)45(39(49)32-10-7-19-41-37(32)40)50-36-28(23-44-21-25(2)42-26(3)22-44)12-17-31(35(36)47)27-8-5-4-6-9-27/h4-12,17-20,25-26,29-30,42,46-47H,13-16,21-23H2,1-3H3,(H,43,48)/t25-,26+,29?,30?. The van der Waals surface area contributed by atoms with Crippen molar-refractivity contribution in [3.05, 3.63) is 107 Å². The average Bonchev–Trinajstić information content (AvgIpc) is 3.09. The van der Waals surface area contributed by atoms with Gasteiger partial charge in [-0.2, -0.15) is 9.45 Å². The molecule has 1 saturated carbocycles. The van der Waals surface area contributed by atoms with Gasteiger partial charge in [0.15, 0.2) is 5.75 Å². The fourth-order valence-corrected chi connectivity index (χ4v) is 7.09. The maximum absolute atomic E-state index is 15.0. The number of carbonyl (C=O) groups excluding carboxylic acids is 2. The molecule has 4 N–H and O–H groups in total. The van der Waals surface area contributed by atoms with Crippen LogP contribution in [0, 0.1) is 12.9 Å².